The van der Waals surface area contributed by atoms with Crippen molar-refractivity contribution in [2.24, 2.45) is 5.41 Å². The van der Waals surface area contributed by atoms with Crippen LogP contribution in [-0.2, 0) is 14.4 Å². The van der Waals surface area contributed by atoms with E-state index in [9.17, 15) is 24.3 Å². The standard InChI is InChI=1S/C16H23N3O5/c1-10(11(20)18-8-7-15(2,9-18)13(22)23)19-12(21)16(17-14(19)24)5-3-4-6-16/h10H,3-9H2,1-2H3,(H,17,24)(H,22,23). The number of likely N-dealkylation sites (tertiary alicyclic amines) is 1. The number of imide groups is 1. The van der Waals surface area contributed by atoms with Crippen LogP contribution >= 0.6 is 0 Å². The fraction of sp³-hybridized carbons (Fsp3) is 0.750. The number of rotatable bonds is 3. The van der Waals surface area contributed by atoms with E-state index in [0.717, 1.165) is 17.7 Å². The summed E-state index contributed by atoms with van der Waals surface area (Å²) in [7, 11) is 0. The lowest BCUT2D eigenvalue weighted by Crippen LogP contribution is -2.51. The fourth-order valence-corrected chi connectivity index (χ4v) is 4.01. The molecule has 1 aliphatic carbocycles. The summed E-state index contributed by atoms with van der Waals surface area (Å²) in [6.45, 7) is 3.56. The predicted molar refractivity (Wildman–Crippen MR) is 83.0 cm³/mol. The summed E-state index contributed by atoms with van der Waals surface area (Å²) in [6.07, 6.45) is 3.34. The van der Waals surface area contributed by atoms with Gasteiger partial charge in [0, 0.05) is 13.1 Å². The highest BCUT2D eigenvalue weighted by Gasteiger charge is 2.55. The van der Waals surface area contributed by atoms with Gasteiger partial charge < -0.3 is 15.3 Å². The molecule has 4 amide bonds. The zero-order chi connectivity index (χ0) is 17.7. The van der Waals surface area contributed by atoms with Gasteiger partial charge in [-0.15, -0.1) is 0 Å². The number of urea groups is 1. The molecule has 1 saturated carbocycles. The first-order valence-corrected chi connectivity index (χ1v) is 8.38. The number of carboxylic acids is 1. The molecule has 2 heterocycles. The average molecular weight is 337 g/mol. The first-order valence-electron chi connectivity index (χ1n) is 8.38. The Morgan fingerprint density at radius 3 is 2.38 bits per heavy atom. The van der Waals surface area contributed by atoms with Crippen LogP contribution in [-0.4, -0.2) is 63.4 Å². The Bertz CT molecular complexity index is 613. The molecule has 8 heteroatoms. The molecule has 3 aliphatic rings. The van der Waals surface area contributed by atoms with Crippen LogP contribution in [0.25, 0.3) is 0 Å². The van der Waals surface area contributed by atoms with Crippen LogP contribution in [0.2, 0.25) is 0 Å². The minimum atomic E-state index is -0.973. The summed E-state index contributed by atoms with van der Waals surface area (Å²) in [5.41, 5.74) is -1.81. The number of aliphatic carboxylic acids is 1. The van der Waals surface area contributed by atoms with Crippen molar-refractivity contribution in [3.05, 3.63) is 0 Å². The average Bonchev–Trinajstić information content (AvgIpc) is 3.20. The molecule has 1 spiro atoms. The molecule has 132 valence electrons. The molecule has 0 bridgehead atoms. The van der Waals surface area contributed by atoms with Crippen molar-refractivity contribution in [3.63, 3.8) is 0 Å². The van der Waals surface area contributed by atoms with Gasteiger partial charge >= 0.3 is 12.0 Å². The quantitative estimate of drug-likeness (QED) is 0.732. The van der Waals surface area contributed by atoms with E-state index in [2.05, 4.69) is 5.32 Å². The van der Waals surface area contributed by atoms with Gasteiger partial charge in [0.05, 0.1) is 5.41 Å². The molecule has 0 radical (unpaired) electrons. The van der Waals surface area contributed by atoms with Crippen molar-refractivity contribution in [2.75, 3.05) is 13.1 Å². The second-order valence-corrected chi connectivity index (χ2v) is 7.45. The Hall–Kier alpha value is -2.12. The molecular formula is C16H23N3O5. The van der Waals surface area contributed by atoms with Gasteiger partial charge in [0.1, 0.15) is 11.6 Å². The van der Waals surface area contributed by atoms with Crippen molar-refractivity contribution in [2.45, 2.75) is 57.5 Å². The second kappa shape index (κ2) is 5.46. The van der Waals surface area contributed by atoms with Gasteiger partial charge in [-0.25, -0.2) is 9.69 Å². The largest absolute Gasteiger partial charge is 0.481 e. The maximum atomic E-state index is 12.7. The number of hydrogen-bond acceptors (Lipinski definition) is 4. The van der Waals surface area contributed by atoms with Crippen LogP contribution in [0.4, 0.5) is 4.79 Å². The van der Waals surface area contributed by atoms with Crippen LogP contribution in [0, 0.1) is 5.41 Å². The van der Waals surface area contributed by atoms with Gasteiger partial charge in [-0.3, -0.25) is 14.4 Å². The highest BCUT2D eigenvalue weighted by Crippen LogP contribution is 2.36. The number of carbonyl (C=O) groups excluding carboxylic acids is 3. The molecule has 3 fully saturated rings. The van der Waals surface area contributed by atoms with Crippen LogP contribution in [0.15, 0.2) is 0 Å². The summed E-state index contributed by atoms with van der Waals surface area (Å²) in [6, 6.07) is -1.45. The summed E-state index contributed by atoms with van der Waals surface area (Å²) in [5, 5.41) is 12.0. The molecule has 0 aromatic carbocycles. The molecule has 2 atom stereocenters. The molecule has 0 aromatic rings. The lowest BCUT2D eigenvalue weighted by atomic mass is 9.90. The van der Waals surface area contributed by atoms with Crippen LogP contribution in [0.5, 0.6) is 0 Å². The van der Waals surface area contributed by atoms with Crippen molar-refractivity contribution in [3.8, 4) is 0 Å². The third-order valence-corrected chi connectivity index (χ3v) is 5.70. The molecule has 8 nitrogen and oxygen atoms in total. The van der Waals surface area contributed by atoms with Crippen LogP contribution < -0.4 is 5.32 Å². The van der Waals surface area contributed by atoms with Crippen LogP contribution in [0.3, 0.4) is 0 Å². The van der Waals surface area contributed by atoms with E-state index in [0.29, 0.717) is 25.8 Å². The number of nitrogens with zero attached hydrogens (tertiary/aromatic N) is 2. The first kappa shape index (κ1) is 16.7. The number of amides is 4. The Morgan fingerprint density at radius 2 is 1.83 bits per heavy atom. The number of carbonyl (C=O) groups is 4. The molecule has 2 N–H and O–H groups in total. The van der Waals surface area contributed by atoms with Gasteiger partial charge in [-0.2, -0.15) is 0 Å². The molecule has 2 saturated heterocycles. The van der Waals surface area contributed by atoms with Crippen LogP contribution in [0.1, 0.15) is 46.0 Å². The summed E-state index contributed by atoms with van der Waals surface area (Å²) < 4.78 is 0. The lowest BCUT2D eigenvalue weighted by molar-refractivity contribution is -0.148. The predicted octanol–water partition coefficient (Wildman–Crippen LogP) is 0.563. The Balaban J connectivity index is 1.74. The number of hydrogen-bond donors (Lipinski definition) is 2. The first-order chi connectivity index (χ1) is 11.2. The van der Waals surface area contributed by atoms with E-state index in [1.807, 2.05) is 0 Å². The zero-order valence-corrected chi connectivity index (χ0v) is 14.0. The highest BCUT2D eigenvalue weighted by molar-refractivity contribution is 6.10. The Labute approximate surface area is 140 Å². The summed E-state index contributed by atoms with van der Waals surface area (Å²) in [5.74, 6) is -1.64. The van der Waals surface area contributed by atoms with Crippen molar-refractivity contribution in [1.82, 2.24) is 15.1 Å². The maximum Gasteiger partial charge on any atom is 0.325 e. The second-order valence-electron chi connectivity index (χ2n) is 7.45. The third-order valence-electron chi connectivity index (χ3n) is 5.70. The van der Waals surface area contributed by atoms with E-state index < -0.39 is 29.0 Å². The normalized spacial score (nSPS) is 30.1. The van der Waals surface area contributed by atoms with E-state index >= 15 is 0 Å². The van der Waals surface area contributed by atoms with Crippen molar-refractivity contribution < 1.29 is 24.3 Å². The van der Waals surface area contributed by atoms with E-state index in [1.54, 1.807) is 6.92 Å². The monoisotopic (exact) mass is 337 g/mol. The van der Waals surface area contributed by atoms with Gasteiger partial charge in [0.15, 0.2) is 0 Å². The zero-order valence-electron chi connectivity index (χ0n) is 14.0. The maximum absolute atomic E-state index is 12.7. The van der Waals surface area contributed by atoms with E-state index in [1.165, 1.54) is 11.8 Å². The number of nitrogens with one attached hydrogen (secondary N) is 1. The summed E-state index contributed by atoms with van der Waals surface area (Å²) in [4.78, 5) is 51.5. The minimum Gasteiger partial charge on any atom is -0.481 e. The topological polar surface area (TPSA) is 107 Å². The summed E-state index contributed by atoms with van der Waals surface area (Å²) >= 11 is 0. The molecule has 3 rings (SSSR count). The smallest absolute Gasteiger partial charge is 0.325 e. The molecule has 2 aliphatic heterocycles. The Morgan fingerprint density at radius 1 is 1.21 bits per heavy atom. The molecule has 0 aromatic heterocycles. The van der Waals surface area contributed by atoms with Crippen molar-refractivity contribution in [1.29, 1.82) is 0 Å². The van der Waals surface area contributed by atoms with Gasteiger partial charge in [-0.1, -0.05) is 12.8 Å². The Kier molecular flexibility index (Phi) is 3.80. The minimum absolute atomic E-state index is 0.0975. The van der Waals surface area contributed by atoms with Gasteiger partial charge in [0.2, 0.25) is 5.91 Å². The third kappa shape index (κ3) is 2.35. The lowest BCUT2D eigenvalue weighted by Gasteiger charge is -2.27. The SMILES string of the molecule is CC(C(=O)N1CCC(C)(C(=O)O)C1)N1C(=O)NC2(CCCC2)C1=O. The molecular weight excluding hydrogens is 314 g/mol. The molecule has 24 heavy (non-hydrogen) atoms. The number of carboxylic acid groups (broad SMARTS) is 1. The van der Waals surface area contributed by atoms with E-state index in [-0.39, 0.29) is 18.4 Å². The molecule has 2 unspecified atom stereocenters. The van der Waals surface area contributed by atoms with Gasteiger partial charge in [-0.05, 0) is 33.1 Å². The van der Waals surface area contributed by atoms with Crippen molar-refractivity contribution >= 4 is 23.8 Å². The van der Waals surface area contributed by atoms with E-state index in [4.69, 9.17) is 0 Å². The highest BCUT2D eigenvalue weighted by atomic mass is 16.4. The van der Waals surface area contributed by atoms with Gasteiger partial charge in [0.25, 0.3) is 5.91 Å². The fourth-order valence-electron chi connectivity index (χ4n) is 4.01.